The maximum absolute atomic E-state index is 13.0. The van der Waals surface area contributed by atoms with Crippen molar-refractivity contribution in [3.63, 3.8) is 0 Å². The fourth-order valence-electron chi connectivity index (χ4n) is 1.11. The average molecular weight is 259 g/mol. The van der Waals surface area contributed by atoms with Gasteiger partial charge in [-0.2, -0.15) is 0 Å². The third-order valence-corrected chi connectivity index (χ3v) is 4.28. The maximum atomic E-state index is 13.0. The molecule has 3 nitrogen and oxygen atoms in total. The first-order chi connectivity index (χ1) is 7.63. The molecular weight excluding hydrogens is 241 g/mol. The third kappa shape index (κ3) is 3.78. The van der Waals surface area contributed by atoms with E-state index < -0.39 is 15.8 Å². The molecule has 0 heterocycles. The first-order valence-electron chi connectivity index (χ1n) is 5.41. The van der Waals surface area contributed by atoms with E-state index in [1.807, 2.05) is 20.8 Å². The van der Waals surface area contributed by atoms with Crippen molar-refractivity contribution in [1.29, 1.82) is 0 Å². The highest BCUT2D eigenvalue weighted by Crippen LogP contribution is 2.21. The highest BCUT2D eigenvalue weighted by molar-refractivity contribution is 7.89. The molecule has 1 N–H and O–H groups in total. The van der Waals surface area contributed by atoms with Crippen LogP contribution in [0.5, 0.6) is 0 Å². The van der Waals surface area contributed by atoms with Crippen molar-refractivity contribution in [2.45, 2.75) is 38.6 Å². The van der Waals surface area contributed by atoms with Crippen molar-refractivity contribution >= 4 is 10.0 Å². The van der Waals surface area contributed by atoms with E-state index in [0.29, 0.717) is 0 Å². The summed E-state index contributed by atoms with van der Waals surface area (Å²) in [5, 5.41) is 0. The number of halogens is 1. The molecular formula is C12H18FNO2S. The predicted octanol–water partition coefficient (Wildman–Crippen LogP) is 2.54. The number of benzene rings is 1. The van der Waals surface area contributed by atoms with Gasteiger partial charge in [0.05, 0.1) is 4.90 Å². The molecule has 1 rings (SSSR count). The van der Waals surface area contributed by atoms with Crippen molar-refractivity contribution < 1.29 is 12.8 Å². The Hall–Kier alpha value is -0.940. The van der Waals surface area contributed by atoms with Gasteiger partial charge in [-0.1, -0.05) is 26.8 Å². The molecule has 17 heavy (non-hydrogen) atoms. The number of hydrogen-bond donors (Lipinski definition) is 1. The second kappa shape index (κ2) is 4.74. The average Bonchev–Trinajstić information content (AvgIpc) is 2.15. The molecule has 5 heteroatoms. The van der Waals surface area contributed by atoms with Crippen LogP contribution >= 0.6 is 0 Å². The topological polar surface area (TPSA) is 46.2 Å². The number of nitrogens with one attached hydrogen (secondary N) is 1. The summed E-state index contributed by atoms with van der Waals surface area (Å²) in [6, 6.07) is 4.74. The molecule has 0 aliphatic carbocycles. The fraction of sp³-hybridized carbons (Fsp3) is 0.500. The lowest BCUT2D eigenvalue weighted by molar-refractivity contribution is 0.317. The van der Waals surface area contributed by atoms with Crippen molar-refractivity contribution in [3.8, 4) is 0 Å². The molecule has 0 saturated carbocycles. The van der Waals surface area contributed by atoms with Crippen LogP contribution in [-0.2, 0) is 10.0 Å². The first kappa shape index (κ1) is 14.1. The van der Waals surface area contributed by atoms with Crippen molar-refractivity contribution in [2.24, 2.45) is 5.41 Å². The van der Waals surface area contributed by atoms with E-state index in [0.717, 1.165) is 6.07 Å². The SMILES string of the molecule is CC(NS(=O)(=O)c1cccc(F)c1)C(C)(C)C. The van der Waals surface area contributed by atoms with Crippen LogP contribution in [0.4, 0.5) is 4.39 Å². The van der Waals surface area contributed by atoms with Gasteiger partial charge in [0.25, 0.3) is 0 Å². The highest BCUT2D eigenvalue weighted by atomic mass is 32.2. The molecule has 1 unspecified atom stereocenters. The quantitative estimate of drug-likeness (QED) is 0.906. The molecule has 1 aromatic rings. The van der Waals surface area contributed by atoms with E-state index in [2.05, 4.69) is 4.72 Å². The summed E-state index contributed by atoms with van der Waals surface area (Å²) in [5.41, 5.74) is -0.194. The standard InChI is InChI=1S/C12H18FNO2S/c1-9(12(2,3)4)14-17(15,16)11-7-5-6-10(13)8-11/h5-9,14H,1-4H3. The zero-order valence-corrected chi connectivity index (χ0v) is 11.3. The maximum Gasteiger partial charge on any atom is 0.240 e. The lowest BCUT2D eigenvalue weighted by atomic mass is 9.89. The lowest BCUT2D eigenvalue weighted by Gasteiger charge is -2.27. The summed E-state index contributed by atoms with van der Waals surface area (Å²) in [5.74, 6) is -0.559. The summed E-state index contributed by atoms with van der Waals surface area (Å²) in [6.45, 7) is 7.60. The van der Waals surface area contributed by atoms with Gasteiger partial charge in [-0.25, -0.2) is 17.5 Å². The van der Waals surface area contributed by atoms with Crippen molar-refractivity contribution in [2.75, 3.05) is 0 Å². The van der Waals surface area contributed by atoms with E-state index in [1.165, 1.54) is 18.2 Å². The minimum absolute atomic E-state index is 0.0476. The summed E-state index contributed by atoms with van der Waals surface area (Å²) in [4.78, 5) is -0.0476. The minimum atomic E-state index is -3.66. The normalized spacial score (nSPS) is 14.6. The monoisotopic (exact) mass is 259 g/mol. The van der Waals surface area contributed by atoms with E-state index in [4.69, 9.17) is 0 Å². The Morgan fingerprint density at radius 3 is 2.35 bits per heavy atom. The van der Waals surface area contributed by atoms with Gasteiger partial charge in [0.2, 0.25) is 10.0 Å². The zero-order valence-electron chi connectivity index (χ0n) is 10.5. The van der Waals surface area contributed by atoms with Gasteiger partial charge in [0.15, 0.2) is 0 Å². The van der Waals surface area contributed by atoms with E-state index in [1.54, 1.807) is 6.92 Å². The van der Waals surface area contributed by atoms with Gasteiger partial charge >= 0.3 is 0 Å². The fourth-order valence-corrected chi connectivity index (χ4v) is 2.59. The highest BCUT2D eigenvalue weighted by Gasteiger charge is 2.25. The van der Waals surface area contributed by atoms with E-state index >= 15 is 0 Å². The van der Waals surface area contributed by atoms with Gasteiger partial charge in [0, 0.05) is 6.04 Å². The smallest absolute Gasteiger partial charge is 0.208 e. The summed E-state index contributed by atoms with van der Waals surface area (Å²) in [7, 11) is -3.66. The Labute approximate surface area is 102 Å². The molecule has 0 radical (unpaired) electrons. The van der Waals surface area contributed by atoms with Crippen LogP contribution in [0.25, 0.3) is 0 Å². The minimum Gasteiger partial charge on any atom is -0.208 e. The van der Waals surface area contributed by atoms with Crippen LogP contribution in [0.2, 0.25) is 0 Å². The lowest BCUT2D eigenvalue weighted by Crippen LogP contribution is -2.41. The van der Waals surface area contributed by atoms with E-state index in [-0.39, 0.29) is 16.4 Å². The van der Waals surface area contributed by atoms with Gasteiger partial charge in [0.1, 0.15) is 5.82 Å². The van der Waals surface area contributed by atoms with Gasteiger partial charge in [-0.15, -0.1) is 0 Å². The summed E-state index contributed by atoms with van der Waals surface area (Å²) in [6.07, 6.45) is 0. The number of sulfonamides is 1. The largest absolute Gasteiger partial charge is 0.240 e. The van der Waals surface area contributed by atoms with Crippen LogP contribution in [0, 0.1) is 11.2 Å². The molecule has 0 fully saturated rings. The second-order valence-electron chi connectivity index (χ2n) is 5.17. The van der Waals surface area contributed by atoms with Crippen LogP contribution in [0.1, 0.15) is 27.7 Å². The predicted molar refractivity (Wildman–Crippen MR) is 65.6 cm³/mol. The van der Waals surface area contributed by atoms with Crippen molar-refractivity contribution in [3.05, 3.63) is 30.1 Å². The molecule has 96 valence electrons. The number of rotatable bonds is 3. The first-order valence-corrected chi connectivity index (χ1v) is 6.89. The molecule has 0 bridgehead atoms. The molecule has 0 saturated heterocycles. The Morgan fingerprint density at radius 1 is 1.29 bits per heavy atom. The Kier molecular flexibility index (Phi) is 3.94. The summed E-state index contributed by atoms with van der Waals surface area (Å²) < 4.78 is 39.4. The summed E-state index contributed by atoms with van der Waals surface area (Å²) >= 11 is 0. The Bertz CT molecular complexity index is 491. The van der Waals surface area contributed by atoms with Crippen LogP contribution in [-0.4, -0.2) is 14.5 Å². The molecule has 0 amide bonds. The molecule has 0 aliphatic rings. The molecule has 0 aromatic heterocycles. The zero-order chi connectivity index (χ0) is 13.3. The third-order valence-electron chi connectivity index (χ3n) is 2.74. The molecule has 1 aromatic carbocycles. The van der Waals surface area contributed by atoms with Crippen molar-refractivity contribution in [1.82, 2.24) is 4.72 Å². The second-order valence-corrected chi connectivity index (χ2v) is 6.88. The van der Waals surface area contributed by atoms with Crippen LogP contribution in [0.3, 0.4) is 0 Å². The molecule has 1 atom stereocenters. The Morgan fingerprint density at radius 2 is 1.88 bits per heavy atom. The van der Waals surface area contributed by atoms with Crippen LogP contribution in [0.15, 0.2) is 29.2 Å². The molecule has 0 spiro atoms. The van der Waals surface area contributed by atoms with Gasteiger partial charge in [-0.05, 0) is 30.5 Å². The van der Waals surface area contributed by atoms with E-state index in [9.17, 15) is 12.8 Å². The molecule has 0 aliphatic heterocycles. The number of hydrogen-bond acceptors (Lipinski definition) is 2. The van der Waals surface area contributed by atoms with Gasteiger partial charge in [-0.3, -0.25) is 0 Å². The van der Waals surface area contributed by atoms with Crippen LogP contribution < -0.4 is 4.72 Å². The Balaban J connectivity index is 2.98. The van der Waals surface area contributed by atoms with Gasteiger partial charge < -0.3 is 0 Å².